The number of rotatable bonds is 5. The molecule has 1 amide bonds. The van der Waals surface area contributed by atoms with Gasteiger partial charge in [0.2, 0.25) is 5.91 Å². The fourth-order valence-electron chi connectivity index (χ4n) is 4.82. The fourth-order valence-corrected chi connectivity index (χ4v) is 5.06. The number of aromatic nitrogens is 1. The molecule has 0 aliphatic carbocycles. The fraction of sp³-hybridized carbons (Fsp3) is 0.222. The van der Waals surface area contributed by atoms with Gasteiger partial charge in [-0.1, -0.05) is 66.2 Å². The molecule has 0 spiro atoms. The number of benzene rings is 3. The van der Waals surface area contributed by atoms with Crippen LogP contribution in [-0.4, -0.2) is 29.4 Å². The summed E-state index contributed by atoms with van der Waals surface area (Å²) in [6.45, 7) is 0.662. The van der Waals surface area contributed by atoms with Crippen molar-refractivity contribution >= 4 is 28.4 Å². The Morgan fingerprint density at radius 3 is 2.66 bits per heavy atom. The van der Waals surface area contributed by atoms with Crippen molar-refractivity contribution in [3.63, 3.8) is 0 Å². The van der Waals surface area contributed by atoms with Gasteiger partial charge in [-0.25, -0.2) is 0 Å². The second-order valence-electron chi connectivity index (χ2n) is 8.14. The van der Waals surface area contributed by atoms with E-state index in [4.69, 9.17) is 16.3 Å². The van der Waals surface area contributed by atoms with Crippen molar-refractivity contribution < 1.29 is 9.53 Å². The first-order valence-electron chi connectivity index (χ1n) is 10.9. The number of nitrogens with one attached hydrogen (secondary N) is 1. The molecule has 1 aliphatic heterocycles. The van der Waals surface area contributed by atoms with Crippen LogP contribution in [0.1, 0.15) is 34.8 Å². The Morgan fingerprint density at radius 1 is 1.06 bits per heavy atom. The molecule has 5 rings (SSSR count). The topological polar surface area (TPSA) is 45.3 Å². The Morgan fingerprint density at radius 2 is 1.81 bits per heavy atom. The number of carbonyl (C=O) groups excluding carboxylic acids is 1. The van der Waals surface area contributed by atoms with Crippen LogP contribution in [-0.2, 0) is 17.6 Å². The van der Waals surface area contributed by atoms with Gasteiger partial charge in [0.1, 0.15) is 5.75 Å². The molecular weight excluding hydrogens is 420 g/mol. The maximum absolute atomic E-state index is 13.5. The molecule has 162 valence electrons. The zero-order valence-corrected chi connectivity index (χ0v) is 18.7. The summed E-state index contributed by atoms with van der Waals surface area (Å²) < 4.78 is 5.46. The monoisotopic (exact) mass is 444 g/mol. The molecule has 0 radical (unpaired) electrons. The van der Waals surface area contributed by atoms with E-state index in [1.165, 1.54) is 10.9 Å². The van der Waals surface area contributed by atoms with Crippen molar-refractivity contribution in [2.75, 3.05) is 13.7 Å². The molecule has 0 bridgehead atoms. The molecular formula is C27H25ClN2O2. The summed E-state index contributed by atoms with van der Waals surface area (Å²) in [6, 6.07) is 23.8. The SMILES string of the molecule is COc1ccccc1CCC(=O)N1CCc2c([nH]c3ccccc23)C1c1ccccc1Cl. The van der Waals surface area contributed by atoms with E-state index in [0.717, 1.165) is 34.5 Å². The number of methoxy groups -OCH3 is 1. The maximum atomic E-state index is 13.5. The number of nitrogens with zero attached hydrogens (tertiary/aromatic N) is 1. The van der Waals surface area contributed by atoms with Gasteiger partial charge in [-0.3, -0.25) is 4.79 Å². The van der Waals surface area contributed by atoms with E-state index in [0.29, 0.717) is 24.4 Å². The van der Waals surface area contributed by atoms with E-state index in [1.54, 1.807) is 7.11 Å². The van der Waals surface area contributed by atoms with Gasteiger partial charge in [-0.15, -0.1) is 0 Å². The van der Waals surface area contributed by atoms with Crippen molar-refractivity contribution in [1.29, 1.82) is 0 Å². The molecule has 1 N–H and O–H groups in total. The molecule has 32 heavy (non-hydrogen) atoms. The largest absolute Gasteiger partial charge is 0.496 e. The van der Waals surface area contributed by atoms with Crippen LogP contribution in [0.4, 0.5) is 0 Å². The minimum absolute atomic E-state index is 0.116. The quantitative estimate of drug-likeness (QED) is 0.414. The number of aryl methyl sites for hydroxylation is 1. The predicted octanol–water partition coefficient (Wildman–Crippen LogP) is 5.94. The molecule has 4 aromatic rings. The molecule has 2 heterocycles. The lowest BCUT2D eigenvalue weighted by Crippen LogP contribution is -2.40. The smallest absolute Gasteiger partial charge is 0.223 e. The second-order valence-corrected chi connectivity index (χ2v) is 8.54. The summed E-state index contributed by atoms with van der Waals surface area (Å²) >= 11 is 6.64. The van der Waals surface area contributed by atoms with Gasteiger partial charge in [-0.2, -0.15) is 0 Å². The second kappa shape index (κ2) is 8.71. The van der Waals surface area contributed by atoms with Crippen LogP contribution in [0.15, 0.2) is 72.8 Å². The van der Waals surface area contributed by atoms with Gasteiger partial charge < -0.3 is 14.6 Å². The lowest BCUT2D eigenvalue weighted by atomic mass is 9.91. The van der Waals surface area contributed by atoms with Gasteiger partial charge >= 0.3 is 0 Å². The average molecular weight is 445 g/mol. The predicted molar refractivity (Wildman–Crippen MR) is 128 cm³/mol. The lowest BCUT2D eigenvalue weighted by molar-refractivity contribution is -0.133. The number of carbonyl (C=O) groups is 1. The Kier molecular flexibility index (Phi) is 5.62. The van der Waals surface area contributed by atoms with Gasteiger partial charge in [0, 0.05) is 34.6 Å². The minimum atomic E-state index is -0.231. The first-order chi connectivity index (χ1) is 15.7. The first kappa shape index (κ1) is 20.7. The molecule has 1 aliphatic rings. The van der Waals surface area contributed by atoms with Gasteiger partial charge in [0.15, 0.2) is 0 Å². The summed E-state index contributed by atoms with van der Waals surface area (Å²) in [7, 11) is 1.66. The molecule has 0 saturated heterocycles. The lowest BCUT2D eigenvalue weighted by Gasteiger charge is -2.37. The standard InChI is InChI=1S/C27H25ClN2O2/c1-32-24-13-7-2-8-18(24)14-15-25(31)30-17-16-20-19-9-4-6-12-23(19)29-26(20)27(30)21-10-3-5-11-22(21)28/h2-13,27,29H,14-17H2,1H3. The number of aromatic amines is 1. The third kappa shape index (κ3) is 3.65. The van der Waals surface area contributed by atoms with E-state index in [9.17, 15) is 4.79 Å². The molecule has 1 unspecified atom stereocenters. The van der Waals surface area contributed by atoms with Crippen LogP contribution < -0.4 is 4.74 Å². The number of amides is 1. The van der Waals surface area contributed by atoms with Crippen LogP contribution in [0.25, 0.3) is 10.9 Å². The van der Waals surface area contributed by atoms with Gasteiger partial charge in [0.25, 0.3) is 0 Å². The van der Waals surface area contributed by atoms with Crippen LogP contribution in [0.5, 0.6) is 5.75 Å². The number of para-hydroxylation sites is 2. The number of fused-ring (bicyclic) bond motifs is 3. The Balaban J connectivity index is 1.51. The van der Waals surface area contributed by atoms with Crippen molar-refractivity contribution in [3.05, 3.63) is 100 Å². The summed E-state index contributed by atoms with van der Waals surface area (Å²) in [5.41, 5.74) is 5.43. The summed E-state index contributed by atoms with van der Waals surface area (Å²) in [5.74, 6) is 0.935. The maximum Gasteiger partial charge on any atom is 0.223 e. The van der Waals surface area contributed by atoms with Crippen LogP contribution in [0.3, 0.4) is 0 Å². The molecule has 0 fully saturated rings. The van der Waals surface area contributed by atoms with Gasteiger partial charge in [-0.05, 0) is 47.7 Å². The van der Waals surface area contributed by atoms with E-state index in [2.05, 4.69) is 23.2 Å². The normalized spacial score (nSPS) is 15.6. The Bertz CT molecular complexity index is 1280. The Labute approximate surface area is 192 Å². The van der Waals surface area contributed by atoms with Crippen molar-refractivity contribution in [3.8, 4) is 5.75 Å². The average Bonchev–Trinajstić information content (AvgIpc) is 3.21. The summed E-state index contributed by atoms with van der Waals surface area (Å²) in [6.07, 6.45) is 1.87. The van der Waals surface area contributed by atoms with E-state index in [-0.39, 0.29) is 11.9 Å². The van der Waals surface area contributed by atoms with Crippen LogP contribution in [0, 0.1) is 0 Å². The molecule has 0 saturated carbocycles. The molecule has 4 nitrogen and oxygen atoms in total. The number of hydrogen-bond donors (Lipinski definition) is 1. The minimum Gasteiger partial charge on any atom is -0.496 e. The first-order valence-corrected chi connectivity index (χ1v) is 11.3. The van der Waals surface area contributed by atoms with Crippen molar-refractivity contribution in [2.24, 2.45) is 0 Å². The highest BCUT2D eigenvalue weighted by atomic mass is 35.5. The van der Waals surface area contributed by atoms with E-state index < -0.39 is 0 Å². The van der Waals surface area contributed by atoms with E-state index in [1.807, 2.05) is 59.5 Å². The molecule has 1 atom stereocenters. The highest BCUT2D eigenvalue weighted by Crippen LogP contribution is 2.41. The highest BCUT2D eigenvalue weighted by Gasteiger charge is 2.35. The zero-order valence-electron chi connectivity index (χ0n) is 18.0. The van der Waals surface area contributed by atoms with Gasteiger partial charge in [0.05, 0.1) is 13.2 Å². The summed E-state index contributed by atoms with van der Waals surface area (Å²) in [5, 5.41) is 1.90. The van der Waals surface area contributed by atoms with E-state index >= 15 is 0 Å². The third-order valence-electron chi connectivity index (χ3n) is 6.36. The van der Waals surface area contributed by atoms with Crippen molar-refractivity contribution in [2.45, 2.75) is 25.3 Å². The Hall–Kier alpha value is -3.24. The van der Waals surface area contributed by atoms with Crippen molar-refractivity contribution in [1.82, 2.24) is 9.88 Å². The van der Waals surface area contributed by atoms with Crippen LogP contribution >= 0.6 is 11.6 Å². The number of H-pyrrole nitrogens is 1. The number of hydrogen-bond acceptors (Lipinski definition) is 2. The number of ether oxygens (including phenoxy) is 1. The van der Waals surface area contributed by atoms with Crippen LogP contribution in [0.2, 0.25) is 5.02 Å². The number of halogens is 1. The molecule has 3 aromatic carbocycles. The summed E-state index contributed by atoms with van der Waals surface area (Å²) in [4.78, 5) is 19.1. The molecule has 5 heteroatoms. The highest BCUT2D eigenvalue weighted by molar-refractivity contribution is 6.31. The molecule has 1 aromatic heterocycles. The zero-order chi connectivity index (χ0) is 22.1. The third-order valence-corrected chi connectivity index (χ3v) is 6.70.